The molecule has 2 N–H and O–H groups in total. The SMILES string of the molecule is CC(O)(CSCC1(CC(=O)O)CC1)c1ccccc1. The van der Waals surface area contributed by atoms with Crippen LogP contribution in [0.15, 0.2) is 30.3 Å². The molecule has 1 aromatic carbocycles. The van der Waals surface area contributed by atoms with Crippen molar-refractivity contribution in [1.82, 2.24) is 0 Å². The summed E-state index contributed by atoms with van der Waals surface area (Å²) in [6, 6.07) is 9.61. The molecule has 0 aliphatic heterocycles. The number of carboxylic acid groups (broad SMARTS) is 1. The summed E-state index contributed by atoms with van der Waals surface area (Å²) < 4.78 is 0. The maximum atomic E-state index is 10.8. The monoisotopic (exact) mass is 280 g/mol. The van der Waals surface area contributed by atoms with Gasteiger partial charge in [-0.1, -0.05) is 30.3 Å². The van der Waals surface area contributed by atoms with Crippen LogP contribution in [0.3, 0.4) is 0 Å². The quantitative estimate of drug-likeness (QED) is 0.806. The highest BCUT2D eigenvalue weighted by Crippen LogP contribution is 2.51. The molecule has 3 nitrogen and oxygen atoms in total. The zero-order valence-electron chi connectivity index (χ0n) is 11.1. The van der Waals surface area contributed by atoms with E-state index in [1.54, 1.807) is 11.8 Å². The van der Waals surface area contributed by atoms with Gasteiger partial charge in [-0.2, -0.15) is 11.8 Å². The second kappa shape index (κ2) is 5.55. The molecule has 2 rings (SSSR count). The highest BCUT2D eigenvalue weighted by molar-refractivity contribution is 7.99. The summed E-state index contributed by atoms with van der Waals surface area (Å²) in [5, 5.41) is 19.3. The number of hydrogen-bond acceptors (Lipinski definition) is 3. The zero-order chi connectivity index (χ0) is 13.9. The van der Waals surface area contributed by atoms with Crippen LogP contribution in [0.2, 0.25) is 0 Å². The van der Waals surface area contributed by atoms with E-state index < -0.39 is 11.6 Å². The number of benzene rings is 1. The topological polar surface area (TPSA) is 57.5 Å². The minimum absolute atomic E-state index is 0.0106. The lowest BCUT2D eigenvalue weighted by atomic mass is 9.99. The van der Waals surface area contributed by atoms with Crippen LogP contribution in [0.25, 0.3) is 0 Å². The molecule has 1 aliphatic carbocycles. The molecule has 1 aromatic rings. The molecular formula is C15H20O3S. The number of rotatable bonds is 7. The Balaban J connectivity index is 1.84. The summed E-state index contributed by atoms with van der Waals surface area (Å²) in [5.74, 6) is 0.702. The van der Waals surface area contributed by atoms with E-state index in [-0.39, 0.29) is 11.8 Å². The van der Waals surface area contributed by atoms with Crippen molar-refractivity contribution in [2.45, 2.75) is 31.8 Å². The predicted molar refractivity (Wildman–Crippen MR) is 77.3 cm³/mol. The molecule has 0 aromatic heterocycles. The van der Waals surface area contributed by atoms with E-state index in [0.717, 1.165) is 24.2 Å². The molecule has 0 saturated heterocycles. The van der Waals surface area contributed by atoms with E-state index in [9.17, 15) is 9.90 Å². The summed E-state index contributed by atoms with van der Waals surface area (Å²) in [7, 11) is 0. The number of aliphatic carboxylic acids is 1. The number of hydrogen-bond donors (Lipinski definition) is 2. The highest BCUT2D eigenvalue weighted by Gasteiger charge is 2.44. The Hall–Kier alpha value is -1.00. The smallest absolute Gasteiger partial charge is 0.303 e. The molecule has 0 heterocycles. The molecule has 1 aliphatic rings. The summed E-state index contributed by atoms with van der Waals surface area (Å²) in [6.07, 6.45) is 2.26. The van der Waals surface area contributed by atoms with Crippen LogP contribution in [0.4, 0.5) is 0 Å². The van der Waals surface area contributed by atoms with Crippen LogP contribution in [0.5, 0.6) is 0 Å². The Morgan fingerprint density at radius 2 is 2.00 bits per heavy atom. The largest absolute Gasteiger partial charge is 0.481 e. The summed E-state index contributed by atoms with van der Waals surface area (Å²) in [5.41, 5.74) is 0.0414. The van der Waals surface area contributed by atoms with Crippen molar-refractivity contribution in [3.05, 3.63) is 35.9 Å². The average Bonchev–Trinajstić information content (AvgIpc) is 3.09. The molecular weight excluding hydrogens is 260 g/mol. The zero-order valence-corrected chi connectivity index (χ0v) is 11.9. The fourth-order valence-electron chi connectivity index (χ4n) is 2.22. The van der Waals surface area contributed by atoms with Crippen molar-refractivity contribution in [3.8, 4) is 0 Å². The van der Waals surface area contributed by atoms with Gasteiger partial charge >= 0.3 is 5.97 Å². The first-order valence-electron chi connectivity index (χ1n) is 6.51. The average molecular weight is 280 g/mol. The lowest BCUT2D eigenvalue weighted by molar-refractivity contribution is -0.138. The van der Waals surface area contributed by atoms with E-state index in [4.69, 9.17) is 5.11 Å². The second-order valence-corrected chi connectivity index (χ2v) is 6.69. The third-order valence-electron chi connectivity index (χ3n) is 3.67. The molecule has 104 valence electrons. The van der Waals surface area contributed by atoms with Gasteiger partial charge in [0, 0.05) is 5.75 Å². The third-order valence-corrected chi connectivity index (χ3v) is 5.25. The van der Waals surface area contributed by atoms with Gasteiger partial charge in [-0.15, -0.1) is 0 Å². The Kier molecular flexibility index (Phi) is 4.21. The van der Waals surface area contributed by atoms with Crippen LogP contribution < -0.4 is 0 Å². The summed E-state index contributed by atoms with van der Waals surface area (Å²) in [4.78, 5) is 10.8. The molecule has 19 heavy (non-hydrogen) atoms. The normalized spacial score (nSPS) is 19.7. The van der Waals surface area contributed by atoms with Gasteiger partial charge in [0.25, 0.3) is 0 Å². The van der Waals surface area contributed by atoms with E-state index >= 15 is 0 Å². The fourth-order valence-corrected chi connectivity index (χ4v) is 3.71. The molecule has 0 radical (unpaired) electrons. The van der Waals surface area contributed by atoms with E-state index in [2.05, 4.69) is 0 Å². The third kappa shape index (κ3) is 3.98. The summed E-state index contributed by atoms with van der Waals surface area (Å²) >= 11 is 1.65. The van der Waals surface area contributed by atoms with Crippen LogP contribution in [0.1, 0.15) is 31.7 Å². The lowest BCUT2D eigenvalue weighted by Crippen LogP contribution is -2.25. The van der Waals surface area contributed by atoms with Crippen molar-refractivity contribution in [3.63, 3.8) is 0 Å². The van der Waals surface area contributed by atoms with Crippen LogP contribution in [-0.4, -0.2) is 27.7 Å². The molecule has 4 heteroatoms. The summed E-state index contributed by atoms with van der Waals surface area (Å²) in [6.45, 7) is 1.81. The van der Waals surface area contributed by atoms with Crippen molar-refractivity contribution in [2.75, 3.05) is 11.5 Å². The minimum atomic E-state index is -0.856. The maximum absolute atomic E-state index is 10.8. The fraction of sp³-hybridized carbons (Fsp3) is 0.533. The van der Waals surface area contributed by atoms with Gasteiger partial charge in [0.2, 0.25) is 0 Å². The van der Waals surface area contributed by atoms with Gasteiger partial charge in [-0.25, -0.2) is 0 Å². The van der Waals surface area contributed by atoms with Gasteiger partial charge in [0.1, 0.15) is 0 Å². The number of carboxylic acids is 1. The molecule has 0 bridgehead atoms. The van der Waals surface area contributed by atoms with E-state index in [1.165, 1.54) is 0 Å². The van der Waals surface area contributed by atoms with Crippen molar-refractivity contribution in [2.24, 2.45) is 5.41 Å². The van der Waals surface area contributed by atoms with Gasteiger partial charge in [-0.3, -0.25) is 4.79 Å². The molecule has 0 amide bonds. The van der Waals surface area contributed by atoms with Gasteiger partial charge < -0.3 is 10.2 Å². The van der Waals surface area contributed by atoms with Crippen LogP contribution in [0, 0.1) is 5.41 Å². The first-order chi connectivity index (χ1) is 8.94. The molecule has 1 unspecified atom stereocenters. The Morgan fingerprint density at radius 1 is 1.37 bits per heavy atom. The first-order valence-corrected chi connectivity index (χ1v) is 7.67. The van der Waals surface area contributed by atoms with E-state index in [1.807, 2.05) is 37.3 Å². The van der Waals surface area contributed by atoms with Crippen molar-refractivity contribution in [1.29, 1.82) is 0 Å². The Morgan fingerprint density at radius 3 is 2.53 bits per heavy atom. The van der Waals surface area contributed by atoms with Crippen LogP contribution in [-0.2, 0) is 10.4 Å². The molecule has 1 atom stereocenters. The number of aliphatic hydroxyl groups is 1. The Bertz CT molecular complexity index is 438. The standard InChI is InChI=1S/C15H20O3S/c1-14(18,12-5-3-2-4-6-12)10-19-11-15(7-8-15)9-13(16)17/h2-6,18H,7-11H2,1H3,(H,16,17). The Labute approximate surface area is 118 Å². The molecule has 1 saturated carbocycles. The molecule has 1 fully saturated rings. The predicted octanol–water partition coefficient (Wildman–Crippen LogP) is 2.88. The van der Waals surface area contributed by atoms with Crippen molar-refractivity contribution < 1.29 is 15.0 Å². The number of carbonyl (C=O) groups is 1. The van der Waals surface area contributed by atoms with Crippen molar-refractivity contribution >= 4 is 17.7 Å². The first kappa shape index (κ1) is 14.4. The maximum Gasteiger partial charge on any atom is 0.303 e. The molecule has 0 spiro atoms. The highest BCUT2D eigenvalue weighted by atomic mass is 32.2. The van der Waals surface area contributed by atoms with Gasteiger partial charge in [-0.05, 0) is 36.5 Å². The van der Waals surface area contributed by atoms with E-state index in [0.29, 0.717) is 5.75 Å². The van der Waals surface area contributed by atoms with Crippen LogP contribution >= 0.6 is 11.8 Å². The lowest BCUT2D eigenvalue weighted by Gasteiger charge is -2.24. The minimum Gasteiger partial charge on any atom is -0.481 e. The number of thioether (sulfide) groups is 1. The second-order valence-electron chi connectivity index (χ2n) is 5.70. The van der Waals surface area contributed by atoms with Gasteiger partial charge in [0.15, 0.2) is 0 Å². The van der Waals surface area contributed by atoms with Gasteiger partial charge in [0.05, 0.1) is 12.0 Å².